The summed E-state index contributed by atoms with van der Waals surface area (Å²) in [5.74, 6) is -1.26. The molecule has 174 valence electrons. The quantitative estimate of drug-likeness (QED) is 0.461. The van der Waals surface area contributed by atoms with Gasteiger partial charge in [0.25, 0.3) is 5.91 Å². The molecule has 2 aromatic carbocycles. The van der Waals surface area contributed by atoms with Gasteiger partial charge in [0.15, 0.2) is 5.76 Å². The number of thiazole rings is 1. The van der Waals surface area contributed by atoms with Crippen LogP contribution in [-0.2, 0) is 4.79 Å². The third-order valence-electron chi connectivity index (χ3n) is 6.69. The van der Waals surface area contributed by atoms with Crippen LogP contribution in [0.25, 0.3) is 10.6 Å². The van der Waals surface area contributed by atoms with Crippen LogP contribution in [0.3, 0.4) is 0 Å². The molecule has 0 spiro atoms. The number of Topliss-reactive ketones (excluding diaryl/α,β-unsaturated/α-hetero) is 1. The van der Waals surface area contributed by atoms with E-state index in [1.165, 1.54) is 11.3 Å². The number of aliphatic hydroxyl groups is 1. The summed E-state index contributed by atoms with van der Waals surface area (Å²) in [6.45, 7) is 1.78. The Hall–Kier alpha value is -3.45. The molecule has 2 aliphatic rings. The molecule has 1 saturated carbocycles. The second-order valence-corrected chi connectivity index (χ2v) is 9.89. The lowest BCUT2D eigenvalue weighted by atomic mass is 9.90. The topological polar surface area (TPSA) is 90.7 Å². The van der Waals surface area contributed by atoms with Crippen LogP contribution in [0.4, 0.5) is 0 Å². The van der Waals surface area contributed by atoms with Crippen molar-refractivity contribution in [1.82, 2.24) is 9.88 Å². The Morgan fingerprint density at radius 2 is 1.68 bits per heavy atom. The zero-order chi connectivity index (χ0) is 23.8. The van der Waals surface area contributed by atoms with E-state index in [-0.39, 0.29) is 23.1 Å². The Bertz CT molecular complexity index is 1260. The molecule has 0 radical (unpaired) electrons. The molecular formula is C27H26N2O4S. The van der Waals surface area contributed by atoms with Crippen LogP contribution in [0.1, 0.15) is 59.1 Å². The van der Waals surface area contributed by atoms with Crippen molar-refractivity contribution in [2.45, 2.75) is 51.1 Å². The van der Waals surface area contributed by atoms with Gasteiger partial charge in [0.2, 0.25) is 5.78 Å². The van der Waals surface area contributed by atoms with Gasteiger partial charge in [-0.2, -0.15) is 0 Å². The minimum absolute atomic E-state index is 0.0464. The number of benzene rings is 2. The number of ketones is 1. The maximum atomic E-state index is 13.9. The number of rotatable bonds is 5. The van der Waals surface area contributed by atoms with E-state index in [0.29, 0.717) is 16.1 Å². The summed E-state index contributed by atoms with van der Waals surface area (Å²) in [5, 5.41) is 21.5. The largest absolute Gasteiger partial charge is 0.508 e. The molecule has 1 fully saturated rings. The van der Waals surface area contributed by atoms with E-state index in [1.807, 2.05) is 30.3 Å². The van der Waals surface area contributed by atoms with E-state index < -0.39 is 17.7 Å². The third-order valence-corrected chi connectivity index (χ3v) is 7.89. The second-order valence-electron chi connectivity index (χ2n) is 8.89. The molecular weight excluding hydrogens is 448 g/mol. The summed E-state index contributed by atoms with van der Waals surface area (Å²) in [4.78, 5) is 33.9. The molecule has 1 aliphatic carbocycles. The molecule has 5 rings (SSSR count). The molecule has 1 aromatic heterocycles. The summed E-state index contributed by atoms with van der Waals surface area (Å²) >= 11 is 1.27. The molecule has 2 heterocycles. The molecule has 0 saturated heterocycles. The molecule has 2 N–H and O–H groups in total. The Kier molecular flexibility index (Phi) is 5.96. The maximum Gasteiger partial charge on any atom is 0.290 e. The van der Waals surface area contributed by atoms with E-state index in [9.17, 15) is 19.8 Å². The summed E-state index contributed by atoms with van der Waals surface area (Å²) in [5.41, 5.74) is 2.26. The number of phenols is 1. The van der Waals surface area contributed by atoms with Crippen molar-refractivity contribution in [2.75, 3.05) is 0 Å². The summed E-state index contributed by atoms with van der Waals surface area (Å²) in [6, 6.07) is 15.4. The van der Waals surface area contributed by atoms with Crippen molar-refractivity contribution >= 4 is 23.0 Å². The highest BCUT2D eigenvalue weighted by molar-refractivity contribution is 7.17. The number of carbonyl (C=O) groups is 2. The van der Waals surface area contributed by atoms with Gasteiger partial charge in [-0.3, -0.25) is 9.59 Å². The number of amides is 1. The highest BCUT2D eigenvalue weighted by atomic mass is 32.1. The number of aliphatic hydroxyl groups excluding tert-OH is 1. The Labute approximate surface area is 202 Å². The predicted octanol–water partition coefficient (Wildman–Crippen LogP) is 5.74. The lowest BCUT2D eigenvalue weighted by Gasteiger charge is -2.36. The number of phenolic OH excluding ortho intramolecular Hbond substituents is 1. The number of nitrogens with zero attached hydrogens (tertiary/aromatic N) is 2. The zero-order valence-corrected chi connectivity index (χ0v) is 19.7. The van der Waals surface area contributed by atoms with E-state index >= 15 is 0 Å². The normalized spacial score (nSPS) is 19.1. The van der Waals surface area contributed by atoms with Gasteiger partial charge < -0.3 is 15.1 Å². The molecule has 7 heteroatoms. The first-order valence-electron chi connectivity index (χ1n) is 11.6. The van der Waals surface area contributed by atoms with Gasteiger partial charge in [-0.25, -0.2) is 4.98 Å². The van der Waals surface area contributed by atoms with E-state index in [2.05, 4.69) is 4.98 Å². The molecule has 1 atom stereocenters. The molecule has 0 bridgehead atoms. The molecule has 34 heavy (non-hydrogen) atoms. The Balaban J connectivity index is 1.58. The summed E-state index contributed by atoms with van der Waals surface area (Å²) < 4.78 is 0. The van der Waals surface area contributed by atoms with Gasteiger partial charge in [-0.05, 0) is 37.5 Å². The summed E-state index contributed by atoms with van der Waals surface area (Å²) in [6.07, 6.45) is 4.82. The maximum absolute atomic E-state index is 13.9. The number of hydrogen-bond acceptors (Lipinski definition) is 6. The van der Waals surface area contributed by atoms with Crippen LogP contribution in [0.5, 0.6) is 5.75 Å². The fraction of sp³-hybridized carbons (Fsp3) is 0.296. The Morgan fingerprint density at radius 1 is 1.00 bits per heavy atom. The number of aryl methyl sites for hydroxylation is 1. The second kappa shape index (κ2) is 9.06. The SMILES string of the molecule is Cc1nc(-c2ccccc2)sc1C(=O)C1=C(O)C(=O)N(C2CCCCC2)C1c1ccc(O)cc1. The number of hydrogen-bond donors (Lipinski definition) is 2. The van der Waals surface area contributed by atoms with Crippen LogP contribution < -0.4 is 0 Å². The van der Waals surface area contributed by atoms with Crippen LogP contribution in [0.15, 0.2) is 65.9 Å². The summed E-state index contributed by atoms with van der Waals surface area (Å²) in [7, 11) is 0. The average Bonchev–Trinajstić information content (AvgIpc) is 3.38. The lowest BCUT2D eigenvalue weighted by molar-refractivity contribution is -0.132. The number of aromatic nitrogens is 1. The molecule has 3 aromatic rings. The average molecular weight is 475 g/mol. The zero-order valence-electron chi connectivity index (χ0n) is 18.9. The van der Waals surface area contributed by atoms with Gasteiger partial charge in [0.1, 0.15) is 10.8 Å². The highest BCUT2D eigenvalue weighted by Gasteiger charge is 2.47. The van der Waals surface area contributed by atoms with E-state index in [4.69, 9.17) is 0 Å². The first-order chi connectivity index (χ1) is 16.5. The molecule has 1 aliphatic heterocycles. The van der Waals surface area contributed by atoms with Crippen molar-refractivity contribution < 1.29 is 19.8 Å². The van der Waals surface area contributed by atoms with Crippen LogP contribution in [-0.4, -0.2) is 37.8 Å². The van der Waals surface area contributed by atoms with Crippen molar-refractivity contribution in [1.29, 1.82) is 0 Å². The fourth-order valence-electron chi connectivity index (χ4n) is 5.01. The van der Waals surface area contributed by atoms with Gasteiger partial charge in [0.05, 0.1) is 22.2 Å². The van der Waals surface area contributed by atoms with E-state index in [0.717, 1.165) is 42.7 Å². The van der Waals surface area contributed by atoms with Gasteiger partial charge >= 0.3 is 0 Å². The fourth-order valence-corrected chi connectivity index (χ4v) is 6.03. The van der Waals surface area contributed by atoms with Crippen LogP contribution in [0, 0.1) is 6.92 Å². The highest BCUT2D eigenvalue weighted by Crippen LogP contribution is 2.44. The minimum Gasteiger partial charge on any atom is -0.508 e. The van der Waals surface area contributed by atoms with Crippen molar-refractivity contribution in [3.05, 3.63) is 82.1 Å². The lowest BCUT2D eigenvalue weighted by Crippen LogP contribution is -2.41. The third kappa shape index (κ3) is 3.90. The molecule has 1 unspecified atom stereocenters. The number of aromatic hydroxyl groups is 1. The number of carbonyl (C=O) groups excluding carboxylic acids is 2. The molecule has 1 amide bonds. The first kappa shape index (κ1) is 22.3. The van der Waals surface area contributed by atoms with Gasteiger partial charge in [-0.1, -0.05) is 61.7 Å². The first-order valence-corrected chi connectivity index (χ1v) is 12.4. The van der Waals surface area contributed by atoms with Crippen molar-refractivity contribution in [2.24, 2.45) is 0 Å². The van der Waals surface area contributed by atoms with E-state index in [1.54, 1.807) is 36.1 Å². The minimum atomic E-state index is -0.703. The van der Waals surface area contributed by atoms with Crippen molar-refractivity contribution in [3.63, 3.8) is 0 Å². The van der Waals surface area contributed by atoms with Crippen LogP contribution in [0.2, 0.25) is 0 Å². The van der Waals surface area contributed by atoms with Crippen LogP contribution >= 0.6 is 11.3 Å². The molecule has 6 nitrogen and oxygen atoms in total. The van der Waals surface area contributed by atoms with Crippen molar-refractivity contribution in [3.8, 4) is 16.3 Å². The van der Waals surface area contributed by atoms with Gasteiger partial charge in [0, 0.05) is 11.6 Å². The van der Waals surface area contributed by atoms with Gasteiger partial charge in [-0.15, -0.1) is 11.3 Å². The standard InChI is InChI=1S/C27H26N2O4S/c1-16-25(34-26(28-16)18-8-4-2-5-9-18)23(31)21-22(17-12-14-20(30)15-13-17)29(27(33)24(21)32)19-10-6-3-7-11-19/h2,4-5,8-9,12-15,19,22,30,32H,3,6-7,10-11H2,1H3. The predicted molar refractivity (Wildman–Crippen MR) is 131 cm³/mol. The Morgan fingerprint density at radius 3 is 2.35 bits per heavy atom. The monoisotopic (exact) mass is 474 g/mol. The smallest absolute Gasteiger partial charge is 0.290 e.